The standard InChI is InChI=1S/C25H32N8O/c1-7-8-13-32-22-20(31(6)24(32)30(5)16-25(3,4)26)14-27-33(23(22)34)15-21-28-17(2)18-11-9-10-12-19(18)29-21/h9-12,14,24H,13,15-16,26H2,1-6H3. The van der Waals surface area contributed by atoms with E-state index in [4.69, 9.17) is 5.73 Å². The molecule has 9 heteroatoms. The smallest absolute Gasteiger partial charge is 0.293 e. The summed E-state index contributed by atoms with van der Waals surface area (Å²) in [6, 6.07) is 7.86. The molecule has 9 nitrogen and oxygen atoms in total. The van der Waals surface area contributed by atoms with Gasteiger partial charge in [0.25, 0.3) is 5.56 Å². The van der Waals surface area contributed by atoms with E-state index in [0.717, 1.165) is 22.3 Å². The van der Waals surface area contributed by atoms with Crippen LogP contribution in [0.1, 0.15) is 32.3 Å². The molecule has 2 aromatic heterocycles. The number of nitrogens with two attached hydrogens (primary N) is 1. The van der Waals surface area contributed by atoms with Crippen LogP contribution >= 0.6 is 0 Å². The second kappa shape index (κ2) is 9.05. The summed E-state index contributed by atoms with van der Waals surface area (Å²) in [5.74, 6) is 6.62. The van der Waals surface area contributed by atoms with Crippen molar-refractivity contribution in [3.8, 4) is 11.8 Å². The number of anilines is 2. The van der Waals surface area contributed by atoms with Crippen molar-refractivity contribution in [3.63, 3.8) is 0 Å². The van der Waals surface area contributed by atoms with Crippen LogP contribution in [0.15, 0.2) is 35.3 Å². The van der Waals surface area contributed by atoms with Crippen LogP contribution < -0.4 is 21.1 Å². The first-order valence-electron chi connectivity index (χ1n) is 11.3. The Morgan fingerprint density at radius 1 is 1.24 bits per heavy atom. The van der Waals surface area contributed by atoms with Crippen molar-refractivity contribution >= 4 is 22.3 Å². The summed E-state index contributed by atoms with van der Waals surface area (Å²) < 4.78 is 1.43. The molecule has 0 radical (unpaired) electrons. The number of likely N-dealkylation sites (N-methyl/N-ethyl adjacent to an activating group) is 1. The average Bonchev–Trinajstić information content (AvgIpc) is 3.05. The maximum absolute atomic E-state index is 13.7. The van der Waals surface area contributed by atoms with Gasteiger partial charge in [-0.3, -0.25) is 9.69 Å². The van der Waals surface area contributed by atoms with Crippen LogP contribution in [-0.2, 0) is 6.54 Å². The normalized spacial score (nSPS) is 15.6. The number of aryl methyl sites for hydroxylation is 1. The summed E-state index contributed by atoms with van der Waals surface area (Å²) in [5, 5.41) is 5.47. The predicted octanol–water partition coefficient (Wildman–Crippen LogP) is 1.78. The molecular weight excluding hydrogens is 428 g/mol. The molecule has 0 saturated carbocycles. The van der Waals surface area contributed by atoms with Crippen LogP contribution in [0.5, 0.6) is 0 Å². The molecule has 1 aliphatic heterocycles. The molecule has 178 valence electrons. The van der Waals surface area contributed by atoms with Gasteiger partial charge in [0.05, 0.1) is 23.9 Å². The van der Waals surface area contributed by atoms with E-state index >= 15 is 0 Å². The number of aromatic nitrogens is 4. The zero-order valence-corrected chi connectivity index (χ0v) is 20.7. The van der Waals surface area contributed by atoms with Gasteiger partial charge in [0.1, 0.15) is 12.2 Å². The third-order valence-corrected chi connectivity index (χ3v) is 5.90. The minimum Gasteiger partial charge on any atom is -0.339 e. The summed E-state index contributed by atoms with van der Waals surface area (Å²) >= 11 is 0. The highest BCUT2D eigenvalue weighted by Crippen LogP contribution is 2.36. The van der Waals surface area contributed by atoms with E-state index in [2.05, 4.69) is 31.8 Å². The molecule has 1 aromatic carbocycles. The lowest BCUT2D eigenvalue weighted by atomic mass is 10.1. The SMILES string of the molecule is CC#CCN1c2c(cnn(Cc3nc(C)c4ccccc4n3)c2=O)N(C)C1N(C)CC(C)(C)N. The number of fused-ring (bicyclic) bond motifs is 2. The first-order chi connectivity index (χ1) is 16.1. The largest absolute Gasteiger partial charge is 0.339 e. The second-order valence-corrected chi connectivity index (χ2v) is 9.50. The van der Waals surface area contributed by atoms with Gasteiger partial charge in [-0.25, -0.2) is 14.6 Å². The highest BCUT2D eigenvalue weighted by Gasteiger charge is 2.39. The van der Waals surface area contributed by atoms with Crippen LogP contribution in [0.4, 0.5) is 11.4 Å². The van der Waals surface area contributed by atoms with E-state index in [9.17, 15) is 4.79 Å². The summed E-state index contributed by atoms with van der Waals surface area (Å²) in [4.78, 5) is 29.1. The number of rotatable bonds is 6. The fourth-order valence-corrected chi connectivity index (χ4v) is 4.64. The Morgan fingerprint density at radius 2 is 1.97 bits per heavy atom. The summed E-state index contributed by atoms with van der Waals surface area (Å²) in [5.41, 5.74) is 8.77. The minimum absolute atomic E-state index is 0.186. The van der Waals surface area contributed by atoms with Gasteiger partial charge in [-0.1, -0.05) is 24.1 Å². The van der Waals surface area contributed by atoms with Gasteiger partial charge in [-0.15, -0.1) is 5.92 Å². The number of hydrogen-bond acceptors (Lipinski definition) is 8. The van der Waals surface area contributed by atoms with Crippen molar-refractivity contribution in [2.45, 2.75) is 46.1 Å². The third-order valence-electron chi connectivity index (χ3n) is 5.90. The lowest BCUT2D eigenvalue weighted by molar-refractivity contribution is 0.202. The van der Waals surface area contributed by atoms with Crippen LogP contribution in [0.2, 0.25) is 0 Å². The van der Waals surface area contributed by atoms with Crippen LogP contribution in [0.25, 0.3) is 10.9 Å². The quantitative estimate of drug-likeness (QED) is 0.556. The molecule has 2 N–H and O–H groups in total. The van der Waals surface area contributed by atoms with E-state index in [0.29, 0.717) is 24.6 Å². The summed E-state index contributed by atoms with van der Waals surface area (Å²) in [6.07, 6.45) is 1.53. The number of para-hydroxylation sites is 1. The van der Waals surface area contributed by atoms with Gasteiger partial charge in [0, 0.05) is 30.2 Å². The zero-order valence-electron chi connectivity index (χ0n) is 20.7. The maximum atomic E-state index is 13.7. The Balaban J connectivity index is 1.74. The van der Waals surface area contributed by atoms with Crippen molar-refractivity contribution in [3.05, 3.63) is 52.3 Å². The molecule has 0 saturated heterocycles. The molecule has 4 rings (SSSR count). The fraction of sp³-hybridized carbons (Fsp3) is 0.440. The molecule has 1 unspecified atom stereocenters. The molecule has 0 amide bonds. The third kappa shape index (κ3) is 4.47. The molecule has 3 aromatic rings. The van der Waals surface area contributed by atoms with Crippen molar-refractivity contribution in [1.82, 2.24) is 24.6 Å². The molecule has 0 fully saturated rings. The Kier molecular flexibility index (Phi) is 6.30. The van der Waals surface area contributed by atoms with Gasteiger partial charge >= 0.3 is 0 Å². The Hall–Kier alpha value is -3.48. The molecule has 0 aliphatic carbocycles. The van der Waals surface area contributed by atoms with Gasteiger partial charge < -0.3 is 15.5 Å². The lowest BCUT2D eigenvalue weighted by Gasteiger charge is -2.39. The first kappa shape index (κ1) is 23.7. The lowest BCUT2D eigenvalue weighted by Crippen LogP contribution is -2.57. The number of nitrogens with zero attached hydrogens (tertiary/aromatic N) is 7. The molecule has 1 aliphatic rings. The topological polar surface area (TPSA) is 96.4 Å². The van der Waals surface area contributed by atoms with Crippen molar-refractivity contribution < 1.29 is 0 Å². The molecule has 0 bridgehead atoms. The Bertz CT molecular complexity index is 1330. The van der Waals surface area contributed by atoms with Crippen LogP contribution in [0, 0.1) is 18.8 Å². The van der Waals surface area contributed by atoms with Gasteiger partial charge in [-0.05, 0) is 40.8 Å². The monoisotopic (exact) mass is 460 g/mol. The Morgan fingerprint density at radius 3 is 2.68 bits per heavy atom. The minimum atomic E-state index is -0.393. The maximum Gasteiger partial charge on any atom is 0.293 e. The number of benzene rings is 1. The highest BCUT2D eigenvalue weighted by molar-refractivity contribution is 5.80. The first-order valence-corrected chi connectivity index (χ1v) is 11.3. The Labute approximate surface area is 200 Å². The van der Waals surface area contributed by atoms with Crippen molar-refractivity contribution in [2.24, 2.45) is 5.73 Å². The van der Waals surface area contributed by atoms with E-state index in [1.165, 1.54) is 4.68 Å². The molecule has 0 spiro atoms. The molecule has 34 heavy (non-hydrogen) atoms. The van der Waals surface area contributed by atoms with E-state index in [-0.39, 0.29) is 18.4 Å². The molecular formula is C25H32N8O. The predicted molar refractivity (Wildman–Crippen MR) is 136 cm³/mol. The number of hydrogen-bond donors (Lipinski definition) is 1. The summed E-state index contributed by atoms with van der Waals surface area (Å²) in [7, 11) is 3.97. The van der Waals surface area contributed by atoms with Crippen LogP contribution in [0.3, 0.4) is 0 Å². The van der Waals surface area contributed by atoms with E-state index in [1.54, 1.807) is 13.1 Å². The van der Waals surface area contributed by atoms with Gasteiger partial charge in [0.2, 0.25) is 0 Å². The van der Waals surface area contributed by atoms with E-state index in [1.807, 2.05) is 68.9 Å². The van der Waals surface area contributed by atoms with Crippen molar-refractivity contribution in [1.29, 1.82) is 0 Å². The van der Waals surface area contributed by atoms with Crippen LogP contribution in [-0.4, -0.2) is 63.7 Å². The average molecular weight is 461 g/mol. The highest BCUT2D eigenvalue weighted by atomic mass is 16.1. The zero-order chi connectivity index (χ0) is 24.6. The molecule has 1 atom stereocenters. The summed E-state index contributed by atoms with van der Waals surface area (Å²) in [6.45, 7) is 8.96. The van der Waals surface area contributed by atoms with Gasteiger partial charge in [-0.2, -0.15) is 5.10 Å². The van der Waals surface area contributed by atoms with Gasteiger partial charge in [0.15, 0.2) is 12.1 Å². The van der Waals surface area contributed by atoms with E-state index < -0.39 is 5.54 Å². The molecule has 3 heterocycles. The van der Waals surface area contributed by atoms with Crippen molar-refractivity contribution in [2.75, 3.05) is 37.0 Å². The second-order valence-electron chi connectivity index (χ2n) is 9.50. The fourth-order valence-electron chi connectivity index (χ4n) is 4.64.